The molecule has 0 bridgehead atoms. The van der Waals surface area contributed by atoms with E-state index in [0.717, 1.165) is 36.6 Å². The van der Waals surface area contributed by atoms with E-state index < -0.39 is 0 Å². The third kappa shape index (κ3) is 4.30. The third-order valence-corrected chi connectivity index (χ3v) is 5.63. The largest absolute Gasteiger partial charge is 0.372 e. The first-order valence-electron chi connectivity index (χ1n) is 10.1. The maximum absolute atomic E-state index is 12.2. The van der Waals surface area contributed by atoms with Crippen molar-refractivity contribution >= 4 is 28.3 Å². The number of nitrogens with zero attached hydrogens (tertiary/aromatic N) is 1. The minimum atomic E-state index is -0.167. The molecule has 4 rings (SSSR count). The number of benzene rings is 2. The van der Waals surface area contributed by atoms with E-state index in [1.165, 1.54) is 29.5 Å². The molecule has 0 spiro atoms. The number of fused-ring (bicyclic) bond motifs is 1. The Morgan fingerprint density at radius 3 is 2.64 bits per heavy atom. The van der Waals surface area contributed by atoms with Gasteiger partial charge in [-0.05, 0) is 61.1 Å². The van der Waals surface area contributed by atoms with Crippen LogP contribution in [-0.4, -0.2) is 30.6 Å². The molecule has 2 heterocycles. The van der Waals surface area contributed by atoms with Crippen molar-refractivity contribution in [2.45, 2.75) is 26.2 Å². The summed E-state index contributed by atoms with van der Waals surface area (Å²) in [5, 5.41) is 7.08. The van der Waals surface area contributed by atoms with Crippen LogP contribution in [0.5, 0.6) is 0 Å². The Bertz CT molecular complexity index is 923. The lowest BCUT2D eigenvalue weighted by Gasteiger charge is -2.32. The van der Waals surface area contributed by atoms with E-state index in [0.29, 0.717) is 6.54 Å². The molecule has 0 radical (unpaired) electrons. The van der Waals surface area contributed by atoms with Crippen molar-refractivity contribution in [2.24, 2.45) is 5.92 Å². The van der Waals surface area contributed by atoms with Gasteiger partial charge in [-0.15, -0.1) is 0 Å². The van der Waals surface area contributed by atoms with E-state index in [1.807, 2.05) is 30.5 Å². The van der Waals surface area contributed by atoms with Gasteiger partial charge < -0.3 is 20.5 Å². The van der Waals surface area contributed by atoms with Crippen LogP contribution in [0.3, 0.4) is 0 Å². The van der Waals surface area contributed by atoms with Crippen molar-refractivity contribution in [1.29, 1.82) is 0 Å². The second-order valence-electron chi connectivity index (χ2n) is 7.71. The number of piperidine rings is 1. The number of carbonyl (C=O) groups excluding carboxylic acids is 1. The molecule has 0 aliphatic carbocycles. The monoisotopic (exact) mass is 376 g/mol. The van der Waals surface area contributed by atoms with Gasteiger partial charge in [-0.3, -0.25) is 0 Å². The Kier molecular flexibility index (Phi) is 5.51. The Labute approximate surface area is 166 Å². The molecule has 0 atom stereocenters. The average molecular weight is 377 g/mol. The normalized spacial score (nSPS) is 15.0. The van der Waals surface area contributed by atoms with Crippen molar-refractivity contribution < 1.29 is 4.79 Å². The van der Waals surface area contributed by atoms with Crippen molar-refractivity contribution in [3.05, 3.63) is 60.3 Å². The molecule has 0 saturated carbocycles. The summed E-state index contributed by atoms with van der Waals surface area (Å²) in [6, 6.07) is 16.2. The lowest BCUT2D eigenvalue weighted by atomic mass is 9.99. The quantitative estimate of drug-likeness (QED) is 0.601. The van der Waals surface area contributed by atoms with E-state index in [4.69, 9.17) is 0 Å². The molecule has 1 saturated heterocycles. The lowest BCUT2D eigenvalue weighted by Crippen LogP contribution is -2.32. The number of anilines is 2. The van der Waals surface area contributed by atoms with Crippen LogP contribution in [0.1, 0.15) is 25.3 Å². The highest BCUT2D eigenvalue weighted by Crippen LogP contribution is 2.24. The second-order valence-corrected chi connectivity index (χ2v) is 7.71. The fourth-order valence-corrected chi connectivity index (χ4v) is 3.85. The molecular weight excluding hydrogens is 348 g/mol. The molecule has 0 unspecified atom stereocenters. The molecule has 5 heteroatoms. The molecular formula is C23H28N4O. The number of nitrogens with one attached hydrogen (secondary N) is 3. The van der Waals surface area contributed by atoms with Crippen molar-refractivity contribution in [3.63, 3.8) is 0 Å². The first kappa shape index (κ1) is 18.4. The molecule has 3 aromatic rings. The van der Waals surface area contributed by atoms with E-state index in [-0.39, 0.29) is 6.03 Å². The molecule has 3 N–H and O–H groups in total. The number of aromatic nitrogens is 1. The van der Waals surface area contributed by atoms with Crippen LogP contribution in [0.15, 0.2) is 54.7 Å². The van der Waals surface area contributed by atoms with Gasteiger partial charge in [0.05, 0.1) is 0 Å². The number of hydrogen-bond acceptors (Lipinski definition) is 2. The Balaban J connectivity index is 1.25. The summed E-state index contributed by atoms with van der Waals surface area (Å²) in [4.78, 5) is 17.9. The van der Waals surface area contributed by atoms with Gasteiger partial charge >= 0.3 is 6.03 Å². The molecule has 28 heavy (non-hydrogen) atoms. The van der Waals surface area contributed by atoms with E-state index in [9.17, 15) is 4.79 Å². The Morgan fingerprint density at radius 2 is 1.86 bits per heavy atom. The Hall–Kier alpha value is -2.95. The zero-order valence-corrected chi connectivity index (χ0v) is 16.4. The summed E-state index contributed by atoms with van der Waals surface area (Å²) in [5.74, 6) is 0.824. The number of amides is 2. The molecule has 1 aliphatic rings. The second kappa shape index (κ2) is 8.38. The van der Waals surface area contributed by atoms with Gasteiger partial charge in [0.25, 0.3) is 0 Å². The summed E-state index contributed by atoms with van der Waals surface area (Å²) < 4.78 is 0. The predicted molar refractivity (Wildman–Crippen MR) is 116 cm³/mol. The highest BCUT2D eigenvalue weighted by atomic mass is 16.2. The van der Waals surface area contributed by atoms with Crippen LogP contribution in [-0.2, 0) is 6.42 Å². The van der Waals surface area contributed by atoms with Gasteiger partial charge in [-0.1, -0.05) is 25.1 Å². The summed E-state index contributed by atoms with van der Waals surface area (Å²) in [5.41, 5.74) is 4.40. The highest BCUT2D eigenvalue weighted by Gasteiger charge is 2.15. The maximum Gasteiger partial charge on any atom is 0.319 e. The zero-order valence-electron chi connectivity index (χ0n) is 16.4. The van der Waals surface area contributed by atoms with E-state index >= 15 is 0 Å². The Morgan fingerprint density at radius 1 is 1.11 bits per heavy atom. The number of H-pyrrole nitrogens is 1. The van der Waals surface area contributed by atoms with Crippen LogP contribution in [0, 0.1) is 5.92 Å². The van der Waals surface area contributed by atoms with Crippen LogP contribution >= 0.6 is 0 Å². The minimum Gasteiger partial charge on any atom is -0.372 e. The fourth-order valence-electron chi connectivity index (χ4n) is 3.85. The third-order valence-electron chi connectivity index (χ3n) is 5.63. The van der Waals surface area contributed by atoms with Crippen molar-refractivity contribution in [1.82, 2.24) is 10.3 Å². The summed E-state index contributed by atoms with van der Waals surface area (Å²) in [7, 11) is 0. The highest BCUT2D eigenvalue weighted by molar-refractivity contribution is 5.89. The lowest BCUT2D eigenvalue weighted by molar-refractivity contribution is 0.252. The molecule has 146 valence electrons. The van der Waals surface area contributed by atoms with Crippen LogP contribution in [0.4, 0.5) is 16.2 Å². The standard InChI is InChI=1S/C23H28N4O/c1-17-11-14-27(15-12-17)20-8-6-19(7-9-20)26-23(28)24-13-10-18-16-25-22-5-3-2-4-21(18)22/h2-9,16-17,25H,10-15H2,1H3,(H2,24,26,28). The molecule has 5 nitrogen and oxygen atoms in total. The molecule has 1 aliphatic heterocycles. The van der Waals surface area contributed by atoms with Gasteiger partial charge in [0.1, 0.15) is 0 Å². The summed E-state index contributed by atoms with van der Waals surface area (Å²) in [6.07, 6.45) is 5.31. The van der Waals surface area contributed by atoms with Gasteiger partial charge in [0.15, 0.2) is 0 Å². The van der Waals surface area contributed by atoms with Crippen LogP contribution in [0.2, 0.25) is 0 Å². The van der Waals surface area contributed by atoms with E-state index in [2.05, 4.69) is 51.7 Å². The molecule has 2 aromatic carbocycles. The van der Waals surface area contributed by atoms with Gasteiger partial charge in [0.2, 0.25) is 0 Å². The van der Waals surface area contributed by atoms with Crippen molar-refractivity contribution in [2.75, 3.05) is 29.9 Å². The minimum absolute atomic E-state index is 0.167. The number of rotatable bonds is 5. The number of carbonyl (C=O) groups is 1. The topological polar surface area (TPSA) is 60.2 Å². The van der Waals surface area contributed by atoms with Gasteiger partial charge in [0, 0.05) is 48.1 Å². The van der Waals surface area contributed by atoms with Crippen molar-refractivity contribution in [3.8, 4) is 0 Å². The SMILES string of the molecule is CC1CCN(c2ccc(NC(=O)NCCc3c[nH]c4ccccc34)cc2)CC1. The molecule has 2 amide bonds. The number of urea groups is 1. The van der Waals surface area contributed by atoms with Crippen LogP contribution < -0.4 is 15.5 Å². The molecule has 1 fully saturated rings. The number of para-hydroxylation sites is 1. The first-order valence-corrected chi connectivity index (χ1v) is 10.1. The first-order chi connectivity index (χ1) is 13.7. The van der Waals surface area contributed by atoms with Gasteiger partial charge in [-0.25, -0.2) is 4.79 Å². The maximum atomic E-state index is 12.2. The smallest absolute Gasteiger partial charge is 0.319 e. The number of aromatic amines is 1. The van der Waals surface area contributed by atoms with Gasteiger partial charge in [-0.2, -0.15) is 0 Å². The number of hydrogen-bond donors (Lipinski definition) is 3. The predicted octanol–water partition coefficient (Wildman–Crippen LogP) is 4.77. The zero-order chi connectivity index (χ0) is 19.3. The van der Waals surface area contributed by atoms with Crippen LogP contribution in [0.25, 0.3) is 10.9 Å². The molecule has 1 aromatic heterocycles. The fraction of sp³-hybridized carbons (Fsp3) is 0.348. The summed E-state index contributed by atoms with van der Waals surface area (Å²) in [6.45, 7) is 5.14. The van der Waals surface area contributed by atoms with E-state index in [1.54, 1.807) is 0 Å². The summed E-state index contributed by atoms with van der Waals surface area (Å²) >= 11 is 0. The average Bonchev–Trinajstić information content (AvgIpc) is 3.13.